The van der Waals surface area contributed by atoms with Gasteiger partial charge in [-0.15, -0.1) is 0 Å². The minimum Gasteiger partial charge on any atom is -0.482 e. The van der Waals surface area contributed by atoms with Crippen LogP contribution in [0.2, 0.25) is 0 Å². The smallest absolute Gasteiger partial charge is 0.344 e. The number of rotatable bonds is 7. The number of fused-ring (bicyclic) bond motifs is 1. The third-order valence-corrected chi connectivity index (χ3v) is 5.74. The van der Waals surface area contributed by atoms with Gasteiger partial charge in [0.15, 0.2) is 6.61 Å². The van der Waals surface area contributed by atoms with Crippen LogP contribution in [0, 0.1) is 6.92 Å². The monoisotopic (exact) mass is 447 g/mol. The number of pyridine rings is 1. The average Bonchev–Trinajstić information content (AvgIpc) is 3.20. The molecule has 1 atom stereocenters. The highest BCUT2D eigenvalue weighted by Gasteiger charge is 2.23. The average molecular weight is 448 g/mol. The van der Waals surface area contributed by atoms with Crippen LogP contribution in [-0.2, 0) is 16.1 Å². The molecule has 1 fully saturated rings. The first-order valence-electron chi connectivity index (χ1n) is 11.5. The molecule has 33 heavy (non-hydrogen) atoms. The molecule has 2 aromatic carbocycles. The summed E-state index contributed by atoms with van der Waals surface area (Å²) in [6, 6.07) is 15.0. The number of nitrogens with zero attached hydrogens (tertiary/aromatic N) is 2. The van der Waals surface area contributed by atoms with E-state index in [0.717, 1.165) is 48.4 Å². The van der Waals surface area contributed by atoms with E-state index in [1.54, 1.807) is 0 Å². The minimum atomic E-state index is -0.513. The summed E-state index contributed by atoms with van der Waals surface area (Å²) in [5, 5.41) is 6.08. The number of carbonyl (C=O) groups excluding carboxylic acids is 1. The Balaban J connectivity index is 1.34. The van der Waals surface area contributed by atoms with Gasteiger partial charge in [-0.2, -0.15) is 0 Å². The Morgan fingerprint density at radius 3 is 2.88 bits per heavy atom. The van der Waals surface area contributed by atoms with E-state index in [1.165, 1.54) is 10.9 Å². The van der Waals surface area contributed by atoms with E-state index in [-0.39, 0.29) is 12.6 Å². The lowest BCUT2D eigenvalue weighted by molar-refractivity contribution is -0.157. The zero-order chi connectivity index (χ0) is 23.4. The van der Waals surface area contributed by atoms with Gasteiger partial charge in [-0.05, 0) is 63.4 Å². The van der Waals surface area contributed by atoms with Gasteiger partial charge in [0.05, 0.1) is 0 Å². The number of anilines is 1. The molecule has 6 nitrogen and oxygen atoms in total. The van der Waals surface area contributed by atoms with Crippen molar-refractivity contribution in [2.75, 3.05) is 25.0 Å². The number of ether oxygens (including phenoxy) is 2. The number of carbonyl (C=O) groups is 1. The van der Waals surface area contributed by atoms with Crippen molar-refractivity contribution in [2.45, 2.75) is 52.3 Å². The quantitative estimate of drug-likeness (QED) is 0.517. The van der Waals surface area contributed by atoms with Crippen molar-refractivity contribution in [3.63, 3.8) is 0 Å². The van der Waals surface area contributed by atoms with Crippen LogP contribution in [-0.4, -0.2) is 47.2 Å². The summed E-state index contributed by atoms with van der Waals surface area (Å²) in [5.74, 6) is 0.376. The van der Waals surface area contributed by atoms with E-state index in [9.17, 15) is 4.79 Å². The molecule has 2 heterocycles. The normalized spacial score (nSPS) is 16.7. The van der Waals surface area contributed by atoms with Crippen molar-refractivity contribution in [3.8, 4) is 5.75 Å². The van der Waals surface area contributed by atoms with Crippen LogP contribution < -0.4 is 10.1 Å². The molecule has 0 aliphatic carbocycles. The van der Waals surface area contributed by atoms with Crippen molar-refractivity contribution < 1.29 is 14.3 Å². The Bertz CT molecular complexity index is 1120. The fourth-order valence-corrected chi connectivity index (χ4v) is 4.23. The van der Waals surface area contributed by atoms with Gasteiger partial charge in [-0.25, -0.2) is 4.79 Å². The molecule has 4 rings (SSSR count). The molecule has 1 saturated heterocycles. The van der Waals surface area contributed by atoms with Crippen LogP contribution in [0.4, 0.5) is 5.69 Å². The third-order valence-electron chi connectivity index (χ3n) is 5.74. The predicted octanol–water partition coefficient (Wildman–Crippen LogP) is 4.95. The van der Waals surface area contributed by atoms with Gasteiger partial charge in [0.2, 0.25) is 0 Å². The number of aryl methyl sites for hydroxylation is 1. The topological polar surface area (TPSA) is 63.7 Å². The highest BCUT2D eigenvalue weighted by atomic mass is 16.6. The van der Waals surface area contributed by atoms with Gasteiger partial charge in [0.25, 0.3) is 0 Å². The van der Waals surface area contributed by atoms with Crippen LogP contribution in [0.15, 0.2) is 54.9 Å². The molecule has 0 saturated carbocycles. The molecule has 1 aliphatic rings. The summed E-state index contributed by atoms with van der Waals surface area (Å²) in [6.07, 6.45) is 4.84. The van der Waals surface area contributed by atoms with E-state index < -0.39 is 5.60 Å². The molecule has 0 bridgehead atoms. The molecular formula is C27H33N3O3. The van der Waals surface area contributed by atoms with Crippen molar-refractivity contribution >= 4 is 22.4 Å². The van der Waals surface area contributed by atoms with Gasteiger partial charge < -0.3 is 14.8 Å². The zero-order valence-corrected chi connectivity index (χ0v) is 19.9. The molecule has 3 aromatic rings. The Hall–Kier alpha value is -3.12. The predicted molar refractivity (Wildman–Crippen MR) is 132 cm³/mol. The summed E-state index contributed by atoms with van der Waals surface area (Å²) in [7, 11) is 0. The first-order chi connectivity index (χ1) is 15.8. The van der Waals surface area contributed by atoms with Crippen LogP contribution in [0.3, 0.4) is 0 Å². The van der Waals surface area contributed by atoms with E-state index in [0.29, 0.717) is 6.04 Å². The first-order valence-corrected chi connectivity index (χ1v) is 11.5. The lowest BCUT2D eigenvalue weighted by Crippen LogP contribution is -2.27. The molecule has 1 N–H and O–H groups in total. The fraction of sp³-hybridized carbons (Fsp3) is 0.407. The lowest BCUT2D eigenvalue weighted by atomic mass is 10.1. The molecule has 174 valence electrons. The fourth-order valence-electron chi connectivity index (χ4n) is 4.23. The minimum absolute atomic E-state index is 0.0855. The molecule has 0 amide bonds. The van der Waals surface area contributed by atoms with Crippen molar-refractivity contribution in [1.29, 1.82) is 0 Å². The second-order valence-electron chi connectivity index (χ2n) is 9.74. The van der Waals surface area contributed by atoms with Crippen LogP contribution in [0.25, 0.3) is 10.8 Å². The number of hydrogen-bond acceptors (Lipinski definition) is 6. The molecule has 1 aromatic heterocycles. The van der Waals surface area contributed by atoms with E-state index in [2.05, 4.69) is 51.6 Å². The van der Waals surface area contributed by atoms with Gasteiger partial charge in [0, 0.05) is 54.5 Å². The third kappa shape index (κ3) is 6.23. The van der Waals surface area contributed by atoms with Crippen molar-refractivity contribution in [3.05, 3.63) is 66.0 Å². The summed E-state index contributed by atoms with van der Waals surface area (Å²) >= 11 is 0. The summed E-state index contributed by atoms with van der Waals surface area (Å²) in [4.78, 5) is 18.7. The standard InChI is InChI=1S/C27H33N3O3/c1-19-8-9-20(14-25(19)32-18-26(31)33-27(2,3)4)16-30-13-11-22(17-30)29-24-7-5-6-21-15-28-12-10-23(21)24/h5-10,12,14-15,22,29H,11,13,16-18H2,1-4H3/t22-/m1/s1. The second kappa shape index (κ2) is 9.79. The molecule has 1 aliphatic heterocycles. The zero-order valence-electron chi connectivity index (χ0n) is 19.9. The van der Waals surface area contributed by atoms with Crippen LogP contribution in [0.5, 0.6) is 5.75 Å². The molecule has 0 spiro atoms. The Morgan fingerprint density at radius 1 is 1.21 bits per heavy atom. The molecular weight excluding hydrogens is 414 g/mol. The number of aromatic nitrogens is 1. The van der Waals surface area contributed by atoms with E-state index in [4.69, 9.17) is 9.47 Å². The largest absolute Gasteiger partial charge is 0.482 e. The molecule has 0 unspecified atom stereocenters. The number of nitrogens with one attached hydrogen (secondary N) is 1. The number of benzene rings is 2. The number of likely N-dealkylation sites (tertiary alicyclic amines) is 1. The number of hydrogen-bond donors (Lipinski definition) is 1. The summed E-state index contributed by atoms with van der Waals surface area (Å²) in [5.41, 5.74) is 2.83. The van der Waals surface area contributed by atoms with Gasteiger partial charge >= 0.3 is 5.97 Å². The second-order valence-corrected chi connectivity index (χ2v) is 9.74. The van der Waals surface area contributed by atoms with Gasteiger partial charge in [0.1, 0.15) is 11.4 Å². The maximum Gasteiger partial charge on any atom is 0.344 e. The maximum absolute atomic E-state index is 12.0. The maximum atomic E-state index is 12.0. The van der Waals surface area contributed by atoms with Crippen LogP contribution in [0.1, 0.15) is 38.3 Å². The SMILES string of the molecule is Cc1ccc(CN2CC[C@@H](Nc3cccc4cnccc34)C2)cc1OCC(=O)OC(C)(C)C. The lowest BCUT2D eigenvalue weighted by Gasteiger charge is -2.20. The van der Waals surface area contributed by atoms with E-state index in [1.807, 2.05) is 46.2 Å². The van der Waals surface area contributed by atoms with Crippen molar-refractivity contribution in [2.24, 2.45) is 0 Å². The van der Waals surface area contributed by atoms with Crippen LogP contribution >= 0.6 is 0 Å². The van der Waals surface area contributed by atoms with Gasteiger partial charge in [-0.1, -0.05) is 24.3 Å². The van der Waals surface area contributed by atoms with Crippen molar-refractivity contribution in [1.82, 2.24) is 9.88 Å². The number of esters is 1. The van der Waals surface area contributed by atoms with Gasteiger partial charge in [-0.3, -0.25) is 9.88 Å². The first kappa shape index (κ1) is 23.1. The highest BCUT2D eigenvalue weighted by molar-refractivity contribution is 5.93. The van der Waals surface area contributed by atoms with E-state index >= 15 is 0 Å². The Morgan fingerprint density at radius 2 is 2.06 bits per heavy atom. The molecule has 0 radical (unpaired) electrons. The Labute approximate surface area is 195 Å². The highest BCUT2D eigenvalue weighted by Crippen LogP contribution is 2.26. The Kier molecular flexibility index (Phi) is 6.84. The molecule has 6 heteroatoms. The summed E-state index contributed by atoms with van der Waals surface area (Å²) in [6.45, 7) is 10.3. The summed E-state index contributed by atoms with van der Waals surface area (Å²) < 4.78 is 11.1.